The summed E-state index contributed by atoms with van der Waals surface area (Å²) < 4.78 is 37.8. The van der Waals surface area contributed by atoms with Crippen LogP contribution in [0.1, 0.15) is 64.3 Å². The number of nitrogens with zero attached hydrogens (tertiary/aromatic N) is 3. The Morgan fingerprint density at radius 3 is 2.36 bits per heavy atom. The first-order valence-corrected chi connectivity index (χ1v) is 13.0. The number of piperidine rings is 2. The average Bonchev–Trinajstić information content (AvgIpc) is 3.09. The Labute approximate surface area is 196 Å². The van der Waals surface area contributed by atoms with E-state index in [0.29, 0.717) is 31.6 Å². The van der Waals surface area contributed by atoms with Gasteiger partial charge in [-0.15, -0.1) is 0 Å². The Morgan fingerprint density at radius 1 is 1.12 bits per heavy atom. The molecule has 3 rings (SSSR count). The van der Waals surface area contributed by atoms with E-state index >= 15 is 0 Å². The number of aromatic nitrogens is 1. The highest BCUT2D eigenvalue weighted by Crippen LogP contribution is 2.29. The number of carbonyl (C=O) groups excluding carboxylic acids is 2. The number of amides is 2. The summed E-state index contributed by atoms with van der Waals surface area (Å²) in [5.74, 6) is 0.0858. The van der Waals surface area contributed by atoms with Crippen molar-refractivity contribution in [3.05, 3.63) is 11.5 Å². The van der Waals surface area contributed by atoms with E-state index in [2.05, 4.69) is 10.5 Å². The molecule has 1 aromatic heterocycles. The molecule has 0 bridgehead atoms. The first-order chi connectivity index (χ1) is 15.4. The lowest BCUT2D eigenvalue weighted by atomic mass is 9.93. The minimum atomic E-state index is -3.71. The van der Waals surface area contributed by atoms with Crippen LogP contribution in [0.4, 0.5) is 4.79 Å². The molecule has 0 radical (unpaired) electrons. The third-order valence-corrected chi connectivity index (χ3v) is 8.30. The second-order valence-electron chi connectivity index (χ2n) is 9.90. The van der Waals surface area contributed by atoms with Gasteiger partial charge in [-0.25, -0.2) is 13.2 Å². The fraction of sp³-hybridized carbons (Fsp3) is 0.773. The third-order valence-electron chi connectivity index (χ3n) is 6.16. The summed E-state index contributed by atoms with van der Waals surface area (Å²) in [6.45, 7) is 10.2. The highest BCUT2D eigenvalue weighted by molar-refractivity contribution is 7.89. The number of sulfonamides is 1. The van der Waals surface area contributed by atoms with Gasteiger partial charge >= 0.3 is 6.09 Å². The zero-order chi connectivity index (χ0) is 24.4. The van der Waals surface area contributed by atoms with Crippen molar-refractivity contribution in [1.29, 1.82) is 0 Å². The molecule has 0 aliphatic carbocycles. The van der Waals surface area contributed by atoms with E-state index in [9.17, 15) is 18.0 Å². The number of ether oxygens (including phenoxy) is 1. The molecular weight excluding hydrogens is 448 g/mol. The molecule has 1 atom stereocenters. The summed E-state index contributed by atoms with van der Waals surface area (Å²) in [6.07, 6.45) is 3.18. The number of likely N-dealkylation sites (tertiary alicyclic amines) is 1. The minimum absolute atomic E-state index is 0.0417. The van der Waals surface area contributed by atoms with Gasteiger partial charge in [0.1, 0.15) is 16.2 Å². The molecule has 33 heavy (non-hydrogen) atoms. The summed E-state index contributed by atoms with van der Waals surface area (Å²) >= 11 is 0. The summed E-state index contributed by atoms with van der Waals surface area (Å²) in [5, 5.41) is 6.55. The fourth-order valence-corrected chi connectivity index (χ4v) is 6.33. The topological polar surface area (TPSA) is 122 Å². The van der Waals surface area contributed by atoms with E-state index in [1.54, 1.807) is 34.6 Å². The molecule has 3 heterocycles. The van der Waals surface area contributed by atoms with Crippen molar-refractivity contribution in [3.63, 3.8) is 0 Å². The zero-order valence-electron chi connectivity index (χ0n) is 20.2. The van der Waals surface area contributed by atoms with Crippen LogP contribution in [0, 0.1) is 19.8 Å². The van der Waals surface area contributed by atoms with E-state index in [-0.39, 0.29) is 41.6 Å². The maximum atomic E-state index is 13.3. The number of nitrogens with one attached hydrogen (secondary N) is 1. The van der Waals surface area contributed by atoms with Crippen molar-refractivity contribution >= 4 is 22.0 Å². The Hall–Kier alpha value is -2.14. The Bertz CT molecular complexity index is 941. The number of alkyl carbamates (subject to hydrolysis) is 1. The molecule has 10 nitrogen and oxygen atoms in total. The zero-order valence-corrected chi connectivity index (χ0v) is 21.0. The fourth-order valence-electron chi connectivity index (χ4n) is 4.57. The maximum absolute atomic E-state index is 13.3. The molecule has 0 aromatic carbocycles. The predicted octanol–water partition coefficient (Wildman–Crippen LogP) is 2.60. The van der Waals surface area contributed by atoms with Crippen LogP contribution in [-0.2, 0) is 19.6 Å². The van der Waals surface area contributed by atoms with E-state index in [1.807, 2.05) is 4.90 Å². The van der Waals surface area contributed by atoms with Gasteiger partial charge in [0.25, 0.3) is 0 Å². The van der Waals surface area contributed by atoms with Gasteiger partial charge in [0.05, 0.1) is 0 Å². The van der Waals surface area contributed by atoms with Crippen LogP contribution in [0.2, 0.25) is 0 Å². The van der Waals surface area contributed by atoms with Crippen LogP contribution in [0.5, 0.6) is 0 Å². The van der Waals surface area contributed by atoms with Crippen LogP contribution in [0.3, 0.4) is 0 Å². The van der Waals surface area contributed by atoms with Gasteiger partial charge in [-0.2, -0.15) is 4.31 Å². The number of hydrogen-bond donors (Lipinski definition) is 1. The Morgan fingerprint density at radius 2 is 1.79 bits per heavy atom. The van der Waals surface area contributed by atoms with Crippen LogP contribution in [0.25, 0.3) is 0 Å². The lowest BCUT2D eigenvalue weighted by Crippen LogP contribution is -2.53. The monoisotopic (exact) mass is 484 g/mol. The molecule has 2 fully saturated rings. The van der Waals surface area contributed by atoms with Crippen molar-refractivity contribution in [2.45, 2.75) is 83.3 Å². The predicted molar refractivity (Wildman–Crippen MR) is 121 cm³/mol. The normalized spacial score (nSPS) is 21.1. The lowest BCUT2D eigenvalue weighted by Gasteiger charge is -2.40. The molecule has 11 heteroatoms. The van der Waals surface area contributed by atoms with Gasteiger partial charge in [0.2, 0.25) is 15.9 Å². The number of aryl methyl sites for hydroxylation is 2. The van der Waals surface area contributed by atoms with Crippen LogP contribution < -0.4 is 5.32 Å². The Kier molecular flexibility index (Phi) is 7.73. The van der Waals surface area contributed by atoms with Gasteiger partial charge in [-0.3, -0.25) is 4.79 Å². The van der Waals surface area contributed by atoms with E-state index < -0.39 is 21.7 Å². The van der Waals surface area contributed by atoms with Gasteiger partial charge in [-0.1, -0.05) is 5.16 Å². The molecular formula is C22H36N4O6S. The molecule has 0 saturated carbocycles. The van der Waals surface area contributed by atoms with Gasteiger partial charge in [0.15, 0.2) is 5.76 Å². The second-order valence-corrected chi connectivity index (χ2v) is 11.8. The molecule has 1 N–H and O–H groups in total. The van der Waals surface area contributed by atoms with Crippen molar-refractivity contribution in [1.82, 2.24) is 19.7 Å². The molecule has 2 aliphatic heterocycles. The van der Waals surface area contributed by atoms with E-state index in [0.717, 1.165) is 19.3 Å². The number of hydrogen-bond acceptors (Lipinski definition) is 7. The standard InChI is InChI=1S/C22H36N4O6S/c1-15-19(16(2)32-24-15)33(29,30)25-12-9-17(10-13-25)20(27)26-11-7-6-8-18(26)14-23-21(28)31-22(3,4)5/h17-18H,6-14H2,1-5H3,(H,23,28). The highest BCUT2D eigenvalue weighted by Gasteiger charge is 2.38. The van der Waals surface area contributed by atoms with Crippen LogP contribution >= 0.6 is 0 Å². The van der Waals surface area contributed by atoms with Crippen molar-refractivity contribution in [3.8, 4) is 0 Å². The average molecular weight is 485 g/mol. The molecule has 2 aliphatic rings. The van der Waals surface area contributed by atoms with Crippen molar-refractivity contribution in [2.75, 3.05) is 26.2 Å². The van der Waals surface area contributed by atoms with Crippen LogP contribution in [0.15, 0.2) is 9.42 Å². The highest BCUT2D eigenvalue weighted by atomic mass is 32.2. The largest absolute Gasteiger partial charge is 0.444 e. The second kappa shape index (κ2) is 10.0. The summed E-state index contributed by atoms with van der Waals surface area (Å²) in [6, 6.07) is -0.0807. The maximum Gasteiger partial charge on any atom is 0.407 e. The van der Waals surface area contributed by atoms with E-state index in [1.165, 1.54) is 4.31 Å². The third kappa shape index (κ3) is 6.06. The summed E-state index contributed by atoms with van der Waals surface area (Å²) in [4.78, 5) is 27.4. The molecule has 186 valence electrons. The van der Waals surface area contributed by atoms with Crippen molar-refractivity contribution in [2.24, 2.45) is 5.92 Å². The Balaban J connectivity index is 1.59. The molecule has 1 aromatic rings. The first kappa shape index (κ1) is 25.5. The number of carbonyl (C=O) groups is 2. The minimum Gasteiger partial charge on any atom is -0.444 e. The number of rotatable bonds is 5. The quantitative estimate of drug-likeness (QED) is 0.681. The molecule has 2 saturated heterocycles. The van der Waals surface area contributed by atoms with Gasteiger partial charge in [0, 0.05) is 38.1 Å². The van der Waals surface area contributed by atoms with Gasteiger partial charge < -0.3 is 19.5 Å². The smallest absolute Gasteiger partial charge is 0.407 e. The molecule has 1 unspecified atom stereocenters. The summed E-state index contributed by atoms with van der Waals surface area (Å²) in [5.41, 5.74) is -0.233. The SMILES string of the molecule is Cc1noc(C)c1S(=O)(=O)N1CCC(C(=O)N2CCCCC2CNC(=O)OC(C)(C)C)CC1. The molecule has 2 amide bonds. The first-order valence-electron chi connectivity index (χ1n) is 11.6. The van der Waals surface area contributed by atoms with Crippen molar-refractivity contribution < 1.29 is 27.3 Å². The van der Waals surface area contributed by atoms with Crippen LogP contribution in [-0.4, -0.2) is 72.6 Å². The summed E-state index contributed by atoms with van der Waals surface area (Å²) in [7, 11) is -3.71. The van der Waals surface area contributed by atoms with E-state index in [4.69, 9.17) is 9.26 Å². The molecule has 0 spiro atoms. The lowest BCUT2D eigenvalue weighted by molar-refractivity contribution is -0.140. The van der Waals surface area contributed by atoms with Gasteiger partial charge in [-0.05, 0) is 66.7 Å².